The molecule has 0 aromatic heterocycles. The number of likely N-dealkylation sites (tertiary alicyclic amines) is 1. The van der Waals surface area contributed by atoms with E-state index in [-0.39, 0.29) is 29.0 Å². The molecule has 4 heteroatoms. The number of hydrogen-bond donors (Lipinski definition) is 1. The zero-order valence-electron chi connectivity index (χ0n) is 20.3. The first-order chi connectivity index (χ1) is 14.8. The van der Waals surface area contributed by atoms with E-state index in [1.54, 1.807) is 0 Å². The van der Waals surface area contributed by atoms with Crippen molar-refractivity contribution in [1.82, 2.24) is 4.90 Å². The fourth-order valence-electron chi connectivity index (χ4n) is 8.68. The summed E-state index contributed by atoms with van der Waals surface area (Å²) in [5.74, 6) is 1.18. The standard InChI is InChI=1S/C27H41NO3/c1-7-9-25(4,29)19-16-26(10-8-2)21-15-18-13-17(3)14-20-22(18)27(26,11-12-28(21)5)24(31-20)23(19)30-6/h13-14,19,21,23-24,29H,7-12,15-16H2,1-6H3/t19-,21+,23+,24-,25-,26+,27-/m0/s1. The lowest BCUT2D eigenvalue weighted by Gasteiger charge is -2.68. The van der Waals surface area contributed by atoms with Crippen LogP contribution in [-0.2, 0) is 16.6 Å². The molecule has 1 N–H and O–H groups in total. The number of benzene rings is 1. The highest BCUT2D eigenvalue weighted by molar-refractivity contribution is 5.58. The summed E-state index contributed by atoms with van der Waals surface area (Å²) in [5.41, 5.74) is 3.64. The molecule has 1 saturated carbocycles. The Labute approximate surface area is 188 Å². The lowest BCUT2D eigenvalue weighted by atomic mass is 9.40. The number of rotatable bonds is 6. The average Bonchev–Trinajstić information content (AvgIpc) is 3.03. The van der Waals surface area contributed by atoms with Gasteiger partial charge in [0.2, 0.25) is 0 Å². The van der Waals surface area contributed by atoms with Crippen LogP contribution in [0, 0.1) is 18.3 Å². The van der Waals surface area contributed by atoms with Gasteiger partial charge >= 0.3 is 0 Å². The minimum atomic E-state index is -0.751. The van der Waals surface area contributed by atoms with Gasteiger partial charge in [-0.25, -0.2) is 0 Å². The van der Waals surface area contributed by atoms with Crippen LogP contribution >= 0.6 is 0 Å². The summed E-state index contributed by atoms with van der Waals surface area (Å²) < 4.78 is 13.2. The monoisotopic (exact) mass is 427 g/mol. The number of methoxy groups -OCH3 is 1. The number of nitrogens with zero attached hydrogens (tertiary/aromatic N) is 1. The Hall–Kier alpha value is -1.10. The molecule has 1 saturated heterocycles. The van der Waals surface area contributed by atoms with E-state index >= 15 is 0 Å². The summed E-state index contributed by atoms with van der Waals surface area (Å²) in [6.45, 7) is 9.84. The molecule has 1 aromatic carbocycles. The van der Waals surface area contributed by atoms with Gasteiger partial charge in [0.15, 0.2) is 0 Å². The Kier molecular flexibility index (Phi) is 5.05. The first-order valence-corrected chi connectivity index (χ1v) is 12.5. The maximum atomic E-state index is 11.7. The van der Waals surface area contributed by atoms with Gasteiger partial charge in [0.25, 0.3) is 0 Å². The third-order valence-corrected chi connectivity index (χ3v) is 9.65. The van der Waals surface area contributed by atoms with E-state index in [1.165, 1.54) is 23.1 Å². The maximum Gasteiger partial charge on any atom is 0.135 e. The van der Waals surface area contributed by atoms with Crippen molar-refractivity contribution in [3.8, 4) is 5.75 Å². The quantitative estimate of drug-likeness (QED) is 0.719. The Balaban J connectivity index is 1.77. The molecule has 172 valence electrons. The Bertz CT molecular complexity index is 866. The van der Waals surface area contributed by atoms with E-state index in [1.807, 2.05) is 14.0 Å². The molecule has 7 atom stereocenters. The van der Waals surface area contributed by atoms with Crippen LogP contribution in [0.15, 0.2) is 12.1 Å². The second kappa shape index (κ2) is 7.20. The molecule has 2 bridgehead atoms. The average molecular weight is 428 g/mol. The van der Waals surface area contributed by atoms with Gasteiger partial charge in [0, 0.05) is 35.5 Å². The fraction of sp³-hybridized carbons (Fsp3) is 0.778. The van der Waals surface area contributed by atoms with Crippen molar-refractivity contribution in [2.75, 3.05) is 20.7 Å². The van der Waals surface area contributed by atoms with Gasteiger partial charge in [-0.2, -0.15) is 0 Å². The molecular formula is C27H41NO3. The van der Waals surface area contributed by atoms with Crippen molar-refractivity contribution in [3.05, 3.63) is 28.8 Å². The van der Waals surface area contributed by atoms with Crippen LogP contribution in [0.1, 0.15) is 76.0 Å². The second-order valence-corrected chi connectivity index (χ2v) is 11.3. The minimum absolute atomic E-state index is 0.00370. The van der Waals surface area contributed by atoms with Gasteiger partial charge in [0.1, 0.15) is 18.0 Å². The summed E-state index contributed by atoms with van der Waals surface area (Å²) in [4.78, 5) is 2.62. The maximum absolute atomic E-state index is 11.7. The van der Waals surface area contributed by atoms with Crippen molar-refractivity contribution in [3.63, 3.8) is 0 Å². The van der Waals surface area contributed by atoms with Gasteiger partial charge in [-0.15, -0.1) is 0 Å². The highest BCUT2D eigenvalue weighted by Crippen LogP contribution is 2.71. The minimum Gasteiger partial charge on any atom is -0.486 e. The molecule has 2 aliphatic carbocycles. The molecule has 4 nitrogen and oxygen atoms in total. The molecule has 31 heavy (non-hydrogen) atoms. The first kappa shape index (κ1) is 21.7. The van der Waals surface area contributed by atoms with Gasteiger partial charge in [-0.1, -0.05) is 32.8 Å². The molecule has 0 amide bonds. The van der Waals surface area contributed by atoms with Crippen LogP contribution in [0.4, 0.5) is 0 Å². The largest absolute Gasteiger partial charge is 0.486 e. The predicted molar refractivity (Wildman–Crippen MR) is 124 cm³/mol. The molecule has 2 fully saturated rings. The summed E-state index contributed by atoms with van der Waals surface area (Å²) in [5, 5.41) is 11.7. The number of aryl methyl sites for hydroxylation is 1. The van der Waals surface area contributed by atoms with E-state index in [0.29, 0.717) is 6.04 Å². The van der Waals surface area contributed by atoms with E-state index in [9.17, 15) is 5.11 Å². The van der Waals surface area contributed by atoms with Gasteiger partial charge in [-0.05, 0) is 76.7 Å². The number of aliphatic hydroxyl groups is 1. The van der Waals surface area contributed by atoms with Crippen molar-refractivity contribution in [1.29, 1.82) is 0 Å². The summed E-state index contributed by atoms with van der Waals surface area (Å²) in [6, 6.07) is 5.16. The van der Waals surface area contributed by atoms with Crippen molar-refractivity contribution < 1.29 is 14.6 Å². The number of hydrogen-bond acceptors (Lipinski definition) is 4. The Morgan fingerprint density at radius 3 is 2.74 bits per heavy atom. The molecule has 5 rings (SSSR count). The highest BCUT2D eigenvalue weighted by atomic mass is 16.5. The molecule has 0 unspecified atom stereocenters. The summed E-state index contributed by atoms with van der Waals surface area (Å²) in [7, 11) is 4.15. The molecule has 1 spiro atoms. The topological polar surface area (TPSA) is 41.9 Å². The third kappa shape index (κ3) is 2.65. The van der Waals surface area contributed by atoms with E-state index in [2.05, 4.69) is 44.9 Å². The van der Waals surface area contributed by atoms with Gasteiger partial charge < -0.3 is 19.5 Å². The van der Waals surface area contributed by atoms with Crippen LogP contribution in [-0.4, -0.2) is 54.6 Å². The number of piperidine rings is 1. The lowest BCUT2D eigenvalue weighted by molar-refractivity contribution is -0.220. The Morgan fingerprint density at radius 1 is 1.29 bits per heavy atom. The van der Waals surface area contributed by atoms with Gasteiger partial charge in [-0.3, -0.25) is 0 Å². The molecule has 4 aliphatic rings. The summed E-state index contributed by atoms with van der Waals surface area (Å²) in [6.07, 6.45) is 7.26. The molecule has 2 heterocycles. The highest BCUT2D eigenvalue weighted by Gasteiger charge is 2.74. The van der Waals surface area contributed by atoms with Crippen molar-refractivity contribution in [2.24, 2.45) is 11.3 Å². The van der Waals surface area contributed by atoms with Crippen LogP contribution in [0.2, 0.25) is 0 Å². The van der Waals surface area contributed by atoms with Crippen LogP contribution in [0.3, 0.4) is 0 Å². The van der Waals surface area contributed by atoms with E-state index in [0.717, 1.165) is 50.8 Å². The molecule has 0 radical (unpaired) electrons. The normalized spacial score (nSPS) is 40.2. The SMILES string of the molecule is CCC[C@]12C[C@H]([C@@](C)(O)CCC)[C@@H](OC)[C@@H]3Oc4cc(C)cc5c4[C@@]31CCN(C)[C@@H]2C5. The van der Waals surface area contributed by atoms with Crippen molar-refractivity contribution in [2.45, 2.75) is 102 Å². The van der Waals surface area contributed by atoms with Crippen molar-refractivity contribution >= 4 is 0 Å². The van der Waals surface area contributed by atoms with E-state index < -0.39 is 5.60 Å². The predicted octanol–water partition coefficient (Wildman–Crippen LogP) is 4.63. The smallest absolute Gasteiger partial charge is 0.135 e. The first-order valence-electron chi connectivity index (χ1n) is 12.5. The Morgan fingerprint density at radius 2 is 2.06 bits per heavy atom. The number of ether oxygens (including phenoxy) is 2. The molecular weight excluding hydrogens is 386 g/mol. The fourth-order valence-corrected chi connectivity index (χ4v) is 8.68. The van der Waals surface area contributed by atoms with Gasteiger partial charge in [0.05, 0.1) is 5.60 Å². The number of likely N-dealkylation sites (N-methyl/N-ethyl adjacent to an activating group) is 1. The third-order valence-electron chi connectivity index (χ3n) is 9.65. The zero-order chi connectivity index (χ0) is 22.2. The van der Waals surface area contributed by atoms with Crippen LogP contribution in [0.25, 0.3) is 0 Å². The van der Waals surface area contributed by atoms with Crippen LogP contribution in [0.5, 0.6) is 5.75 Å². The second-order valence-electron chi connectivity index (χ2n) is 11.3. The zero-order valence-corrected chi connectivity index (χ0v) is 20.3. The molecule has 1 aromatic rings. The van der Waals surface area contributed by atoms with E-state index in [4.69, 9.17) is 9.47 Å². The molecule has 2 aliphatic heterocycles. The van der Waals surface area contributed by atoms with Crippen LogP contribution < -0.4 is 4.74 Å². The lowest BCUT2D eigenvalue weighted by Crippen LogP contribution is -2.75. The summed E-state index contributed by atoms with van der Waals surface area (Å²) >= 11 is 0.